The molecule has 2 fully saturated rings. The maximum atomic E-state index is 11.8. The lowest BCUT2D eigenvalue weighted by Gasteiger charge is -2.54. The predicted octanol–water partition coefficient (Wildman–Crippen LogP) is 8.69. The summed E-state index contributed by atoms with van der Waals surface area (Å²) in [6.45, 7) is 10.1. The van der Waals surface area contributed by atoms with Crippen molar-refractivity contribution < 1.29 is 33.9 Å². The van der Waals surface area contributed by atoms with E-state index < -0.39 is 0 Å². The first-order chi connectivity index (χ1) is 20.9. The first-order valence-corrected chi connectivity index (χ1v) is 18.0. The zero-order valence-electron chi connectivity index (χ0n) is 28.1. The van der Waals surface area contributed by atoms with Gasteiger partial charge < -0.3 is 10.1 Å². The molecule has 2 aliphatic rings. The molecular formula is C35H65NO7. The van der Waals surface area contributed by atoms with Crippen LogP contribution >= 0.6 is 0 Å². The fourth-order valence-electron chi connectivity index (χ4n) is 6.28. The van der Waals surface area contributed by atoms with E-state index in [1.807, 2.05) is 27.7 Å². The average Bonchev–Trinajstić information content (AvgIpc) is 2.96. The van der Waals surface area contributed by atoms with Crippen LogP contribution in [0.15, 0.2) is 0 Å². The summed E-state index contributed by atoms with van der Waals surface area (Å²) in [4.78, 5) is 44.0. The molecule has 1 saturated heterocycles. The lowest BCUT2D eigenvalue weighted by Crippen LogP contribution is -2.60. The van der Waals surface area contributed by atoms with E-state index in [1.165, 1.54) is 77.0 Å². The summed E-state index contributed by atoms with van der Waals surface area (Å²) in [5, 5.41) is 4.00. The van der Waals surface area contributed by atoms with Crippen molar-refractivity contribution >= 4 is 11.9 Å². The highest BCUT2D eigenvalue weighted by Crippen LogP contribution is 2.47. The number of hydrogen-bond donors (Lipinski definition) is 1. The highest BCUT2D eigenvalue weighted by Gasteiger charge is 2.49. The van der Waals surface area contributed by atoms with E-state index in [0.29, 0.717) is 30.3 Å². The molecule has 1 N–H and O–H groups in total. The second-order valence-electron chi connectivity index (χ2n) is 13.3. The van der Waals surface area contributed by atoms with Gasteiger partial charge in [0.05, 0.1) is 13.2 Å². The minimum Gasteiger partial charge on any atom is -0.380 e. The monoisotopic (exact) mass is 611 g/mol. The topological polar surface area (TPSA) is 92.3 Å². The Morgan fingerprint density at radius 3 is 1.42 bits per heavy atom. The molecule has 1 aliphatic carbocycles. The van der Waals surface area contributed by atoms with Crippen LogP contribution in [0.1, 0.15) is 169 Å². The Balaban J connectivity index is 1.50. The minimum atomic E-state index is -0.241. The fourth-order valence-corrected chi connectivity index (χ4v) is 6.28. The van der Waals surface area contributed by atoms with Crippen molar-refractivity contribution in [3.63, 3.8) is 0 Å². The summed E-state index contributed by atoms with van der Waals surface area (Å²) >= 11 is 0. The van der Waals surface area contributed by atoms with Gasteiger partial charge in [0.15, 0.2) is 0 Å². The Morgan fingerprint density at radius 1 is 0.651 bits per heavy atom. The maximum Gasteiger partial charge on any atom is 0.342 e. The molecule has 0 unspecified atom stereocenters. The Hall–Kier alpha value is -1.22. The normalized spacial score (nSPS) is 16.2. The maximum absolute atomic E-state index is 11.8. The van der Waals surface area contributed by atoms with Gasteiger partial charge in [-0.25, -0.2) is 9.59 Å². The van der Waals surface area contributed by atoms with E-state index in [9.17, 15) is 9.59 Å². The number of carbonyl (C=O) groups is 2. The van der Waals surface area contributed by atoms with Crippen LogP contribution in [0.3, 0.4) is 0 Å². The lowest BCUT2D eigenvalue weighted by molar-refractivity contribution is -0.299. The van der Waals surface area contributed by atoms with Crippen LogP contribution in [0.4, 0.5) is 0 Å². The van der Waals surface area contributed by atoms with Gasteiger partial charge in [0.25, 0.3) is 0 Å². The van der Waals surface area contributed by atoms with Crippen molar-refractivity contribution in [1.29, 1.82) is 0 Å². The number of hydrogen-bond acceptors (Lipinski definition) is 8. The molecule has 8 heteroatoms. The van der Waals surface area contributed by atoms with Gasteiger partial charge in [0.2, 0.25) is 0 Å². The molecule has 8 nitrogen and oxygen atoms in total. The van der Waals surface area contributed by atoms with Crippen LogP contribution in [-0.2, 0) is 33.9 Å². The van der Waals surface area contributed by atoms with Gasteiger partial charge >= 0.3 is 11.9 Å². The minimum absolute atomic E-state index is 0.00822. The molecule has 0 amide bonds. The standard InChI is InChI=1S/C35H65NO7/c1-5-31(6-2)40-42-33(37)23-19-15-11-9-13-17-21-29(36-30-25-35(26-30)27-39-28-35)22-18-14-10-12-16-20-24-34(38)43-41-32(7-3)8-4/h29-32,36H,5-28H2,1-4H3. The molecule has 0 bridgehead atoms. The summed E-state index contributed by atoms with van der Waals surface area (Å²) in [6.07, 6.45) is 23.1. The smallest absolute Gasteiger partial charge is 0.342 e. The molecule has 43 heavy (non-hydrogen) atoms. The number of rotatable bonds is 28. The quantitative estimate of drug-likeness (QED) is 0.0534. The average molecular weight is 612 g/mol. The van der Waals surface area contributed by atoms with E-state index in [1.54, 1.807) is 0 Å². The van der Waals surface area contributed by atoms with Crippen molar-refractivity contribution in [3.8, 4) is 0 Å². The predicted molar refractivity (Wildman–Crippen MR) is 170 cm³/mol. The third-order valence-corrected chi connectivity index (χ3v) is 9.39. The fraction of sp³-hybridized carbons (Fsp3) is 0.943. The third-order valence-electron chi connectivity index (χ3n) is 9.39. The molecule has 0 aromatic heterocycles. The van der Waals surface area contributed by atoms with Gasteiger partial charge in [-0.2, -0.15) is 9.78 Å². The van der Waals surface area contributed by atoms with E-state index >= 15 is 0 Å². The van der Waals surface area contributed by atoms with Crippen LogP contribution in [0.5, 0.6) is 0 Å². The first-order valence-electron chi connectivity index (χ1n) is 18.0. The summed E-state index contributed by atoms with van der Waals surface area (Å²) < 4.78 is 5.47. The first kappa shape index (κ1) is 38.0. The van der Waals surface area contributed by atoms with Gasteiger partial charge in [0, 0.05) is 30.3 Å². The van der Waals surface area contributed by atoms with E-state index in [4.69, 9.17) is 24.3 Å². The van der Waals surface area contributed by atoms with Crippen LogP contribution in [0.25, 0.3) is 0 Å². The molecule has 0 aromatic carbocycles. The lowest BCUT2D eigenvalue weighted by atomic mass is 9.64. The summed E-state index contributed by atoms with van der Waals surface area (Å²) in [5.41, 5.74) is 0.501. The van der Waals surface area contributed by atoms with Crippen LogP contribution in [0, 0.1) is 5.41 Å². The molecule has 252 valence electrons. The molecule has 1 saturated carbocycles. The van der Waals surface area contributed by atoms with Crippen LogP contribution in [-0.4, -0.2) is 49.4 Å². The Labute approximate surface area is 262 Å². The molecular weight excluding hydrogens is 546 g/mol. The zero-order valence-corrected chi connectivity index (χ0v) is 28.1. The van der Waals surface area contributed by atoms with Gasteiger partial charge in [-0.05, 0) is 64.2 Å². The number of carbonyl (C=O) groups excluding carboxylic acids is 2. The zero-order chi connectivity index (χ0) is 31.2. The molecule has 2 rings (SSSR count). The molecule has 0 radical (unpaired) electrons. The molecule has 0 atom stereocenters. The SMILES string of the molecule is CCC(CC)OOC(=O)CCCCCCCCC(CCCCCCCCC(=O)OOC(CC)CC)NC1CC2(COC2)C1. The molecule has 1 spiro atoms. The summed E-state index contributed by atoms with van der Waals surface area (Å²) in [7, 11) is 0. The Morgan fingerprint density at radius 2 is 1.05 bits per heavy atom. The summed E-state index contributed by atoms with van der Waals surface area (Å²) in [5.74, 6) is -0.482. The second kappa shape index (κ2) is 23.2. The molecule has 1 heterocycles. The highest BCUT2D eigenvalue weighted by atomic mass is 17.2. The number of unbranched alkanes of at least 4 members (excludes halogenated alkanes) is 10. The second-order valence-corrected chi connectivity index (χ2v) is 13.3. The van der Waals surface area contributed by atoms with Crippen LogP contribution in [0.2, 0.25) is 0 Å². The number of nitrogens with one attached hydrogen (secondary N) is 1. The number of ether oxygens (including phenoxy) is 1. The summed E-state index contributed by atoms with van der Waals surface area (Å²) in [6, 6.07) is 1.27. The van der Waals surface area contributed by atoms with Gasteiger partial charge in [-0.1, -0.05) is 91.9 Å². The van der Waals surface area contributed by atoms with Crippen molar-refractivity contribution in [2.45, 2.75) is 193 Å². The Kier molecular flexibility index (Phi) is 20.5. The molecule has 0 aromatic rings. The Bertz CT molecular complexity index is 669. The van der Waals surface area contributed by atoms with Crippen molar-refractivity contribution in [2.24, 2.45) is 5.41 Å². The van der Waals surface area contributed by atoms with E-state index in [0.717, 1.165) is 64.6 Å². The van der Waals surface area contributed by atoms with Crippen LogP contribution < -0.4 is 5.32 Å². The van der Waals surface area contributed by atoms with E-state index in [-0.39, 0.29) is 24.1 Å². The van der Waals surface area contributed by atoms with Gasteiger partial charge in [-0.3, -0.25) is 9.78 Å². The van der Waals surface area contributed by atoms with Gasteiger partial charge in [-0.15, -0.1) is 0 Å². The van der Waals surface area contributed by atoms with Crippen molar-refractivity contribution in [2.75, 3.05) is 13.2 Å². The van der Waals surface area contributed by atoms with Crippen molar-refractivity contribution in [1.82, 2.24) is 5.32 Å². The van der Waals surface area contributed by atoms with Gasteiger partial charge in [0.1, 0.15) is 12.2 Å². The third kappa shape index (κ3) is 16.6. The largest absolute Gasteiger partial charge is 0.380 e. The van der Waals surface area contributed by atoms with E-state index in [2.05, 4.69) is 5.32 Å². The van der Waals surface area contributed by atoms with Crippen molar-refractivity contribution in [3.05, 3.63) is 0 Å². The molecule has 1 aliphatic heterocycles. The highest BCUT2D eigenvalue weighted by molar-refractivity contribution is 5.68.